The van der Waals surface area contributed by atoms with Gasteiger partial charge in [0.15, 0.2) is 9.84 Å². The lowest BCUT2D eigenvalue weighted by Gasteiger charge is -2.10. The number of hydrogen-bond acceptors (Lipinski definition) is 6. The molecule has 124 valence electrons. The molecule has 0 saturated carbocycles. The van der Waals surface area contributed by atoms with Crippen molar-refractivity contribution in [1.29, 1.82) is 0 Å². The third-order valence-corrected chi connectivity index (χ3v) is 4.11. The van der Waals surface area contributed by atoms with Crippen LogP contribution >= 0.6 is 0 Å². The normalized spacial score (nSPS) is 11.7. The standard InChI is InChI=1S/C12H12F2N4O4S/c1-23(21,22)9-4-2-3-8(11(9)18(19)20)16-7-10-15-5-6-17(10)12(13)14/h2-6,12,16H,7H2,1H3. The second-order valence-corrected chi connectivity index (χ2v) is 6.55. The summed E-state index contributed by atoms with van der Waals surface area (Å²) in [5.74, 6) is -0.0425. The lowest BCUT2D eigenvalue weighted by Crippen LogP contribution is -2.11. The molecule has 0 saturated heterocycles. The number of para-hydroxylation sites is 1. The van der Waals surface area contributed by atoms with Gasteiger partial charge in [-0.2, -0.15) is 8.78 Å². The number of aromatic nitrogens is 2. The molecule has 11 heteroatoms. The maximum absolute atomic E-state index is 12.7. The lowest BCUT2D eigenvalue weighted by atomic mass is 10.2. The summed E-state index contributed by atoms with van der Waals surface area (Å²) >= 11 is 0. The second kappa shape index (κ2) is 6.28. The zero-order valence-electron chi connectivity index (χ0n) is 11.8. The summed E-state index contributed by atoms with van der Waals surface area (Å²) in [5.41, 5.74) is -0.730. The minimum absolute atomic E-state index is 0.0425. The Labute approximate surface area is 129 Å². The van der Waals surface area contributed by atoms with E-state index in [1.165, 1.54) is 18.3 Å². The molecule has 0 radical (unpaired) electrons. The van der Waals surface area contributed by atoms with Crippen LogP contribution in [0.2, 0.25) is 0 Å². The van der Waals surface area contributed by atoms with Gasteiger partial charge in [-0.25, -0.2) is 13.4 Å². The average Bonchev–Trinajstić information content (AvgIpc) is 2.92. The van der Waals surface area contributed by atoms with Crippen molar-refractivity contribution >= 4 is 21.2 Å². The third-order valence-electron chi connectivity index (χ3n) is 2.98. The Kier molecular flexibility index (Phi) is 4.59. The van der Waals surface area contributed by atoms with Gasteiger partial charge < -0.3 is 5.32 Å². The van der Waals surface area contributed by atoms with Gasteiger partial charge in [0.2, 0.25) is 0 Å². The number of nitro benzene ring substituents is 1. The molecule has 2 aromatic rings. The lowest BCUT2D eigenvalue weighted by molar-refractivity contribution is -0.386. The zero-order valence-corrected chi connectivity index (χ0v) is 12.6. The fourth-order valence-corrected chi connectivity index (χ4v) is 2.85. The number of benzene rings is 1. The van der Waals surface area contributed by atoms with Crippen LogP contribution in [0.15, 0.2) is 35.5 Å². The van der Waals surface area contributed by atoms with Crippen LogP contribution in [0.3, 0.4) is 0 Å². The SMILES string of the molecule is CS(=O)(=O)c1cccc(NCc2nccn2C(F)F)c1[N+](=O)[O-]. The minimum Gasteiger partial charge on any atom is -0.372 e. The quantitative estimate of drug-likeness (QED) is 0.635. The Morgan fingerprint density at radius 2 is 2.13 bits per heavy atom. The van der Waals surface area contributed by atoms with Gasteiger partial charge in [0.1, 0.15) is 16.4 Å². The summed E-state index contributed by atoms with van der Waals surface area (Å²) in [5, 5.41) is 13.8. The largest absolute Gasteiger partial charge is 0.372 e. The molecule has 0 amide bonds. The Morgan fingerprint density at radius 3 is 2.70 bits per heavy atom. The van der Waals surface area contributed by atoms with E-state index in [0.29, 0.717) is 4.57 Å². The number of nitrogens with zero attached hydrogens (tertiary/aromatic N) is 3. The molecule has 0 spiro atoms. The van der Waals surface area contributed by atoms with Gasteiger partial charge in [-0.1, -0.05) is 6.07 Å². The van der Waals surface area contributed by atoms with Gasteiger partial charge in [-0.05, 0) is 12.1 Å². The summed E-state index contributed by atoms with van der Waals surface area (Å²) in [6.07, 6.45) is 3.09. The predicted molar refractivity (Wildman–Crippen MR) is 77.0 cm³/mol. The Hall–Kier alpha value is -2.56. The number of alkyl halides is 2. The minimum atomic E-state index is -3.82. The molecule has 2 rings (SSSR count). The van der Waals surface area contributed by atoms with E-state index in [2.05, 4.69) is 10.3 Å². The number of halogens is 2. The molecule has 0 unspecified atom stereocenters. The van der Waals surface area contributed by atoms with Gasteiger partial charge in [0, 0.05) is 18.6 Å². The first kappa shape index (κ1) is 16.8. The second-order valence-electron chi connectivity index (χ2n) is 4.56. The number of imidazole rings is 1. The fraction of sp³-hybridized carbons (Fsp3) is 0.250. The van der Waals surface area contributed by atoms with Crippen molar-refractivity contribution in [2.45, 2.75) is 18.0 Å². The smallest absolute Gasteiger partial charge is 0.319 e. The number of nitrogens with one attached hydrogen (secondary N) is 1. The Balaban J connectivity index is 2.37. The van der Waals surface area contributed by atoms with Gasteiger partial charge in [-0.15, -0.1) is 0 Å². The van der Waals surface area contributed by atoms with Gasteiger partial charge in [0.05, 0.1) is 11.5 Å². The summed E-state index contributed by atoms with van der Waals surface area (Å²) < 4.78 is 49.3. The summed E-state index contributed by atoms with van der Waals surface area (Å²) in [7, 11) is -3.82. The molecule has 1 heterocycles. The van der Waals surface area contributed by atoms with Gasteiger partial charge in [0.25, 0.3) is 0 Å². The molecule has 0 aliphatic rings. The molecular formula is C12H12F2N4O4S. The number of hydrogen-bond donors (Lipinski definition) is 1. The topological polar surface area (TPSA) is 107 Å². The van der Waals surface area contributed by atoms with Crippen molar-refractivity contribution in [3.05, 3.63) is 46.5 Å². The molecule has 8 nitrogen and oxygen atoms in total. The highest BCUT2D eigenvalue weighted by Gasteiger charge is 2.26. The number of rotatable bonds is 6. The molecule has 0 aliphatic heterocycles. The average molecular weight is 346 g/mol. The zero-order chi connectivity index (χ0) is 17.2. The molecule has 1 aromatic heterocycles. The van der Waals surface area contributed by atoms with Crippen molar-refractivity contribution in [3.63, 3.8) is 0 Å². The molecule has 1 aromatic carbocycles. The number of anilines is 1. The van der Waals surface area contributed by atoms with E-state index < -0.39 is 31.9 Å². The van der Waals surface area contributed by atoms with Crippen LogP contribution in [0.25, 0.3) is 0 Å². The maximum Gasteiger partial charge on any atom is 0.319 e. The van der Waals surface area contributed by atoms with E-state index in [9.17, 15) is 27.3 Å². The van der Waals surface area contributed by atoms with Crippen LogP contribution in [-0.4, -0.2) is 29.1 Å². The van der Waals surface area contributed by atoms with Crippen molar-refractivity contribution in [3.8, 4) is 0 Å². The monoisotopic (exact) mass is 346 g/mol. The highest BCUT2D eigenvalue weighted by atomic mass is 32.2. The van der Waals surface area contributed by atoms with E-state index in [-0.39, 0.29) is 18.1 Å². The van der Waals surface area contributed by atoms with E-state index >= 15 is 0 Å². The van der Waals surface area contributed by atoms with Crippen LogP contribution in [0.4, 0.5) is 20.2 Å². The van der Waals surface area contributed by atoms with Crippen LogP contribution in [0.1, 0.15) is 12.4 Å². The molecule has 0 aliphatic carbocycles. The summed E-state index contributed by atoms with van der Waals surface area (Å²) in [6, 6.07) is 3.73. The van der Waals surface area contributed by atoms with Gasteiger partial charge >= 0.3 is 12.2 Å². The van der Waals surface area contributed by atoms with Crippen molar-refractivity contribution < 1.29 is 22.1 Å². The van der Waals surface area contributed by atoms with Crippen LogP contribution in [0.5, 0.6) is 0 Å². The van der Waals surface area contributed by atoms with Crippen LogP contribution in [-0.2, 0) is 16.4 Å². The summed E-state index contributed by atoms with van der Waals surface area (Å²) in [4.78, 5) is 13.6. The number of nitro groups is 1. The highest BCUT2D eigenvalue weighted by Crippen LogP contribution is 2.32. The number of sulfone groups is 1. The first-order valence-electron chi connectivity index (χ1n) is 6.23. The molecule has 1 N–H and O–H groups in total. The highest BCUT2D eigenvalue weighted by molar-refractivity contribution is 7.90. The first-order valence-corrected chi connectivity index (χ1v) is 8.12. The van der Waals surface area contributed by atoms with Crippen molar-refractivity contribution in [1.82, 2.24) is 9.55 Å². The maximum atomic E-state index is 12.7. The molecular weight excluding hydrogens is 334 g/mol. The van der Waals surface area contributed by atoms with E-state index in [1.54, 1.807) is 0 Å². The van der Waals surface area contributed by atoms with Crippen molar-refractivity contribution in [2.75, 3.05) is 11.6 Å². The van der Waals surface area contributed by atoms with Crippen LogP contribution < -0.4 is 5.32 Å². The Bertz CT molecular complexity index is 835. The summed E-state index contributed by atoms with van der Waals surface area (Å²) in [6.45, 7) is -3.03. The van der Waals surface area contributed by atoms with E-state index in [1.807, 2.05) is 0 Å². The molecule has 0 fully saturated rings. The fourth-order valence-electron chi connectivity index (χ4n) is 1.99. The van der Waals surface area contributed by atoms with Gasteiger partial charge in [-0.3, -0.25) is 14.7 Å². The van der Waals surface area contributed by atoms with Crippen molar-refractivity contribution in [2.24, 2.45) is 0 Å². The third kappa shape index (κ3) is 3.62. The molecule has 23 heavy (non-hydrogen) atoms. The van der Waals surface area contributed by atoms with E-state index in [4.69, 9.17) is 0 Å². The molecule has 0 atom stereocenters. The van der Waals surface area contributed by atoms with E-state index in [0.717, 1.165) is 18.5 Å². The predicted octanol–water partition coefficient (Wildman–Crippen LogP) is 2.20. The molecule has 0 bridgehead atoms. The Morgan fingerprint density at radius 1 is 1.43 bits per heavy atom. The first-order chi connectivity index (χ1) is 10.7. The van der Waals surface area contributed by atoms with Crippen LogP contribution in [0, 0.1) is 10.1 Å².